The minimum Gasteiger partial charge on any atom is -0.354 e. The van der Waals surface area contributed by atoms with Crippen LogP contribution in [0.5, 0.6) is 0 Å². The Morgan fingerprint density at radius 3 is 2.84 bits per heavy atom. The topological polar surface area (TPSA) is 105 Å². The molecule has 6 rings (SSSR count). The number of aryl methyl sites for hydroxylation is 2. The van der Waals surface area contributed by atoms with Gasteiger partial charge in [-0.05, 0) is 53.0 Å². The zero-order chi connectivity index (χ0) is 25.5. The summed E-state index contributed by atoms with van der Waals surface area (Å²) in [7, 11) is 0. The number of rotatable bonds is 6. The van der Waals surface area contributed by atoms with Gasteiger partial charge in [0.15, 0.2) is 0 Å². The summed E-state index contributed by atoms with van der Waals surface area (Å²) in [5.74, 6) is 0.106. The molecule has 3 aromatic heterocycles. The van der Waals surface area contributed by atoms with Gasteiger partial charge in [-0.1, -0.05) is 11.3 Å². The molecular formula is C26H27BrN8O2. The summed E-state index contributed by atoms with van der Waals surface area (Å²) in [5, 5.41) is 13.1. The van der Waals surface area contributed by atoms with Crippen LogP contribution in [0, 0.1) is 0 Å². The Morgan fingerprint density at radius 1 is 1.14 bits per heavy atom. The Morgan fingerprint density at radius 2 is 2.03 bits per heavy atom. The molecule has 0 bridgehead atoms. The molecule has 11 heteroatoms. The fourth-order valence-corrected chi connectivity index (χ4v) is 5.75. The largest absolute Gasteiger partial charge is 0.354 e. The first-order valence-corrected chi connectivity index (χ1v) is 13.3. The SMILES string of the molecule is CCn1ncc2c1CN(C(=O)c1cc(Br)c3[nH]c(C4=CCCN(C(=O)CCn5ccnn5)C4)cc3c1)C2. The Bertz CT molecular complexity index is 1520. The number of hydrogen-bond donors (Lipinski definition) is 1. The summed E-state index contributed by atoms with van der Waals surface area (Å²) in [6, 6.07) is 5.90. The van der Waals surface area contributed by atoms with Gasteiger partial charge in [0.2, 0.25) is 5.91 Å². The lowest BCUT2D eigenvalue weighted by Crippen LogP contribution is -2.36. The first kappa shape index (κ1) is 23.7. The molecule has 0 atom stereocenters. The molecule has 10 nitrogen and oxygen atoms in total. The second-order valence-electron chi connectivity index (χ2n) is 9.45. The van der Waals surface area contributed by atoms with E-state index >= 15 is 0 Å². The maximum atomic E-state index is 13.4. The van der Waals surface area contributed by atoms with Crippen LogP contribution in [0.2, 0.25) is 0 Å². The fraction of sp³-hybridized carbons (Fsp3) is 0.346. The third-order valence-corrected chi connectivity index (χ3v) is 7.75. The minimum atomic E-state index is 0.00485. The Balaban J connectivity index is 1.18. The fourth-order valence-electron chi connectivity index (χ4n) is 5.17. The van der Waals surface area contributed by atoms with Crippen molar-refractivity contribution in [2.75, 3.05) is 13.1 Å². The number of H-pyrrole nitrogens is 1. The number of benzene rings is 1. The zero-order valence-electron chi connectivity index (χ0n) is 20.5. The molecule has 37 heavy (non-hydrogen) atoms. The van der Waals surface area contributed by atoms with E-state index in [4.69, 9.17) is 0 Å². The highest BCUT2D eigenvalue weighted by Crippen LogP contribution is 2.32. The summed E-state index contributed by atoms with van der Waals surface area (Å²) >= 11 is 3.67. The third-order valence-electron chi connectivity index (χ3n) is 7.13. The number of nitrogens with one attached hydrogen (secondary N) is 1. The summed E-state index contributed by atoms with van der Waals surface area (Å²) in [5.41, 5.74) is 5.86. The van der Waals surface area contributed by atoms with Gasteiger partial charge >= 0.3 is 0 Å². The summed E-state index contributed by atoms with van der Waals surface area (Å²) in [4.78, 5) is 33.5. The highest BCUT2D eigenvalue weighted by molar-refractivity contribution is 9.10. The number of aromatic nitrogens is 6. The molecule has 0 spiro atoms. The molecule has 0 saturated carbocycles. The summed E-state index contributed by atoms with van der Waals surface area (Å²) in [6.45, 7) is 5.77. The number of aromatic amines is 1. The van der Waals surface area contributed by atoms with E-state index in [1.54, 1.807) is 17.1 Å². The molecule has 0 radical (unpaired) electrons. The molecule has 1 N–H and O–H groups in total. The third kappa shape index (κ3) is 4.48. The lowest BCUT2D eigenvalue weighted by molar-refractivity contribution is -0.131. The molecule has 190 valence electrons. The van der Waals surface area contributed by atoms with E-state index in [-0.39, 0.29) is 11.8 Å². The summed E-state index contributed by atoms with van der Waals surface area (Å²) < 4.78 is 4.47. The average Bonchev–Trinajstić information content (AvgIpc) is 3.70. The lowest BCUT2D eigenvalue weighted by Gasteiger charge is -2.27. The van der Waals surface area contributed by atoms with Crippen LogP contribution in [-0.4, -0.2) is 64.5 Å². The number of hydrogen-bond acceptors (Lipinski definition) is 5. The van der Waals surface area contributed by atoms with Crippen LogP contribution in [0.15, 0.2) is 47.3 Å². The molecule has 2 aliphatic heterocycles. The van der Waals surface area contributed by atoms with Crippen molar-refractivity contribution in [3.63, 3.8) is 0 Å². The maximum Gasteiger partial charge on any atom is 0.254 e. The highest BCUT2D eigenvalue weighted by atomic mass is 79.9. The van der Waals surface area contributed by atoms with Gasteiger partial charge in [-0.3, -0.25) is 19.0 Å². The maximum absolute atomic E-state index is 13.4. The van der Waals surface area contributed by atoms with Crippen LogP contribution in [-0.2, 0) is 31.0 Å². The van der Waals surface area contributed by atoms with E-state index in [1.807, 2.05) is 32.8 Å². The first-order valence-electron chi connectivity index (χ1n) is 12.5. The molecule has 2 aliphatic rings. The predicted molar refractivity (Wildman–Crippen MR) is 141 cm³/mol. The number of carbonyl (C=O) groups excluding carboxylic acids is 2. The van der Waals surface area contributed by atoms with E-state index in [0.717, 1.165) is 50.9 Å². The number of fused-ring (bicyclic) bond motifs is 2. The van der Waals surface area contributed by atoms with Gasteiger partial charge in [0.05, 0.1) is 36.7 Å². The Labute approximate surface area is 222 Å². The molecule has 0 aliphatic carbocycles. The smallest absolute Gasteiger partial charge is 0.254 e. The molecule has 2 amide bonds. The van der Waals surface area contributed by atoms with Crippen LogP contribution >= 0.6 is 15.9 Å². The van der Waals surface area contributed by atoms with Crippen LogP contribution in [0.1, 0.15) is 47.1 Å². The van der Waals surface area contributed by atoms with E-state index in [9.17, 15) is 9.59 Å². The minimum absolute atomic E-state index is 0.00485. The van der Waals surface area contributed by atoms with E-state index in [0.29, 0.717) is 44.7 Å². The van der Waals surface area contributed by atoms with Gasteiger partial charge < -0.3 is 14.8 Å². The second kappa shape index (κ2) is 9.62. The molecule has 0 saturated heterocycles. The van der Waals surface area contributed by atoms with Crippen LogP contribution < -0.4 is 0 Å². The van der Waals surface area contributed by atoms with E-state index in [1.165, 1.54) is 0 Å². The molecule has 4 aromatic rings. The van der Waals surface area contributed by atoms with Crippen molar-refractivity contribution in [2.24, 2.45) is 0 Å². The molecule has 1 aromatic carbocycles. The van der Waals surface area contributed by atoms with Gasteiger partial charge in [-0.2, -0.15) is 5.10 Å². The van der Waals surface area contributed by atoms with Crippen molar-refractivity contribution >= 4 is 44.2 Å². The van der Waals surface area contributed by atoms with Crippen molar-refractivity contribution in [3.8, 4) is 0 Å². The van der Waals surface area contributed by atoms with Gasteiger partial charge in [0.25, 0.3) is 5.91 Å². The number of carbonyl (C=O) groups is 2. The molecule has 0 fully saturated rings. The summed E-state index contributed by atoms with van der Waals surface area (Å²) in [6.07, 6.45) is 8.61. The van der Waals surface area contributed by atoms with Gasteiger partial charge in [0, 0.05) is 65.5 Å². The normalized spacial score (nSPS) is 15.4. The van der Waals surface area contributed by atoms with Gasteiger partial charge in [-0.25, -0.2) is 0 Å². The van der Waals surface area contributed by atoms with Crippen LogP contribution in [0.25, 0.3) is 16.5 Å². The number of nitrogens with zero attached hydrogens (tertiary/aromatic N) is 7. The van der Waals surface area contributed by atoms with Crippen molar-refractivity contribution in [1.29, 1.82) is 0 Å². The molecule has 5 heterocycles. The standard InChI is InChI=1S/C26H27BrN8O2/c1-2-35-23-16-33(15-20(23)13-29-35)26(37)19-10-18-12-22(30-25(18)21(27)11-19)17-4-3-7-32(14-17)24(36)5-8-34-9-6-28-31-34/h4,6,9-13,30H,2-3,5,7-8,14-16H2,1H3. The highest BCUT2D eigenvalue weighted by Gasteiger charge is 2.28. The van der Waals surface area contributed by atoms with E-state index in [2.05, 4.69) is 55.4 Å². The first-order chi connectivity index (χ1) is 18.0. The van der Waals surface area contributed by atoms with Gasteiger partial charge in [0.1, 0.15) is 0 Å². The van der Waals surface area contributed by atoms with Crippen LogP contribution in [0.3, 0.4) is 0 Å². The average molecular weight is 563 g/mol. The van der Waals surface area contributed by atoms with E-state index < -0.39 is 0 Å². The quantitative estimate of drug-likeness (QED) is 0.386. The van der Waals surface area contributed by atoms with Crippen molar-refractivity contribution in [2.45, 2.75) is 45.9 Å². The van der Waals surface area contributed by atoms with Gasteiger partial charge in [-0.15, -0.1) is 5.10 Å². The predicted octanol–water partition coefficient (Wildman–Crippen LogP) is 3.60. The van der Waals surface area contributed by atoms with Crippen molar-refractivity contribution < 1.29 is 9.59 Å². The number of halogens is 1. The lowest BCUT2D eigenvalue weighted by atomic mass is 10.1. The van der Waals surface area contributed by atoms with Crippen molar-refractivity contribution in [3.05, 3.63) is 69.9 Å². The number of amides is 2. The molecule has 0 unspecified atom stereocenters. The molecular weight excluding hydrogens is 536 g/mol. The monoisotopic (exact) mass is 562 g/mol. The Kier molecular flexibility index (Phi) is 6.15. The second-order valence-corrected chi connectivity index (χ2v) is 10.3. The van der Waals surface area contributed by atoms with Crippen molar-refractivity contribution in [1.82, 2.24) is 39.6 Å². The van der Waals surface area contributed by atoms with Crippen LogP contribution in [0.4, 0.5) is 0 Å². The zero-order valence-corrected chi connectivity index (χ0v) is 22.1. The Hall–Kier alpha value is -3.73.